The Kier molecular flexibility index (Phi) is 3.44. The molecule has 0 saturated carbocycles. The van der Waals surface area contributed by atoms with E-state index in [0.29, 0.717) is 11.4 Å². The molecule has 0 fully saturated rings. The number of aromatic nitrogens is 3. The highest BCUT2D eigenvalue weighted by Gasteiger charge is 2.24. The summed E-state index contributed by atoms with van der Waals surface area (Å²) >= 11 is 0. The van der Waals surface area contributed by atoms with Crippen molar-refractivity contribution in [1.29, 1.82) is 0 Å². The SMILES string of the molecule is CCn1c(C)cc2c(C(=O)n3nc4c(c3N)CCCC4)cccc21. The molecule has 1 aliphatic carbocycles. The van der Waals surface area contributed by atoms with Gasteiger partial charge in [0.2, 0.25) is 0 Å². The van der Waals surface area contributed by atoms with Crippen LogP contribution < -0.4 is 5.73 Å². The second-order valence-electron chi connectivity index (χ2n) is 6.50. The minimum absolute atomic E-state index is 0.138. The number of carbonyl (C=O) groups is 1. The van der Waals surface area contributed by atoms with Crippen molar-refractivity contribution in [3.63, 3.8) is 0 Å². The minimum Gasteiger partial charge on any atom is -0.383 e. The molecule has 0 aliphatic heterocycles. The van der Waals surface area contributed by atoms with E-state index in [1.54, 1.807) is 0 Å². The number of fused-ring (bicyclic) bond motifs is 2. The van der Waals surface area contributed by atoms with E-state index in [9.17, 15) is 4.79 Å². The van der Waals surface area contributed by atoms with Crippen LogP contribution in [-0.2, 0) is 19.4 Å². The third kappa shape index (κ3) is 2.08. The monoisotopic (exact) mass is 322 g/mol. The van der Waals surface area contributed by atoms with Gasteiger partial charge in [0.25, 0.3) is 5.91 Å². The van der Waals surface area contributed by atoms with Crippen LogP contribution in [0.3, 0.4) is 0 Å². The molecular formula is C19H22N4O. The Hall–Kier alpha value is -2.56. The predicted octanol–water partition coefficient (Wildman–Crippen LogP) is 3.32. The van der Waals surface area contributed by atoms with Crippen LogP contribution in [-0.4, -0.2) is 20.3 Å². The van der Waals surface area contributed by atoms with Gasteiger partial charge in [-0.1, -0.05) is 6.07 Å². The molecule has 124 valence electrons. The molecule has 2 N–H and O–H groups in total. The zero-order valence-electron chi connectivity index (χ0n) is 14.2. The van der Waals surface area contributed by atoms with Crippen LogP contribution in [0.25, 0.3) is 10.9 Å². The zero-order chi connectivity index (χ0) is 16.8. The van der Waals surface area contributed by atoms with Crippen LogP contribution in [0.2, 0.25) is 0 Å². The summed E-state index contributed by atoms with van der Waals surface area (Å²) in [6.45, 7) is 5.06. The molecular weight excluding hydrogens is 300 g/mol. The van der Waals surface area contributed by atoms with E-state index in [2.05, 4.69) is 35.6 Å². The van der Waals surface area contributed by atoms with Gasteiger partial charge in [-0.15, -0.1) is 0 Å². The third-order valence-electron chi connectivity index (χ3n) is 5.09. The van der Waals surface area contributed by atoms with Crippen LogP contribution in [0, 0.1) is 6.92 Å². The summed E-state index contributed by atoms with van der Waals surface area (Å²) < 4.78 is 3.62. The normalized spacial score (nSPS) is 14.1. The van der Waals surface area contributed by atoms with Gasteiger partial charge in [0.1, 0.15) is 5.82 Å². The fraction of sp³-hybridized carbons (Fsp3) is 0.368. The van der Waals surface area contributed by atoms with E-state index in [-0.39, 0.29) is 5.91 Å². The van der Waals surface area contributed by atoms with Crippen molar-refractivity contribution < 1.29 is 4.79 Å². The first-order chi connectivity index (χ1) is 11.6. The standard InChI is InChI=1S/C19H22N4O/c1-3-22-12(2)11-15-13(8-6-10-17(15)22)19(24)23-18(20)14-7-4-5-9-16(14)21-23/h6,8,10-11H,3-5,7,9,20H2,1-2H3. The summed E-state index contributed by atoms with van der Waals surface area (Å²) in [5.74, 6) is 0.374. The van der Waals surface area contributed by atoms with Crippen molar-refractivity contribution in [3.05, 3.63) is 46.8 Å². The van der Waals surface area contributed by atoms with E-state index in [1.807, 2.05) is 12.1 Å². The lowest BCUT2D eigenvalue weighted by Crippen LogP contribution is -2.16. The Bertz CT molecular complexity index is 948. The molecule has 4 rings (SSSR count). The highest BCUT2D eigenvalue weighted by Crippen LogP contribution is 2.28. The molecule has 5 heteroatoms. The minimum atomic E-state index is -0.138. The molecule has 0 atom stereocenters. The van der Waals surface area contributed by atoms with E-state index in [0.717, 1.165) is 60.1 Å². The molecule has 0 spiro atoms. The maximum absolute atomic E-state index is 13.1. The van der Waals surface area contributed by atoms with Crippen molar-refractivity contribution in [2.75, 3.05) is 5.73 Å². The molecule has 2 heterocycles. The van der Waals surface area contributed by atoms with Crippen LogP contribution in [0.1, 0.15) is 47.1 Å². The number of nitrogens with zero attached hydrogens (tertiary/aromatic N) is 3. The largest absolute Gasteiger partial charge is 0.383 e. The Morgan fingerprint density at radius 1 is 1.29 bits per heavy atom. The summed E-state index contributed by atoms with van der Waals surface area (Å²) in [5, 5.41) is 5.49. The van der Waals surface area contributed by atoms with Gasteiger partial charge in [-0.2, -0.15) is 9.78 Å². The molecule has 3 aromatic rings. The Morgan fingerprint density at radius 3 is 2.83 bits per heavy atom. The van der Waals surface area contributed by atoms with Gasteiger partial charge in [0.05, 0.1) is 11.3 Å². The van der Waals surface area contributed by atoms with Gasteiger partial charge in [0, 0.05) is 28.7 Å². The Labute approximate surface area is 141 Å². The first kappa shape index (κ1) is 15.0. The third-order valence-corrected chi connectivity index (χ3v) is 5.09. The lowest BCUT2D eigenvalue weighted by atomic mass is 9.98. The van der Waals surface area contributed by atoms with Crippen LogP contribution in [0.4, 0.5) is 5.82 Å². The average molecular weight is 322 g/mol. The molecule has 1 aliphatic rings. The Balaban J connectivity index is 1.86. The fourth-order valence-electron chi connectivity index (χ4n) is 3.87. The van der Waals surface area contributed by atoms with E-state index in [1.165, 1.54) is 4.68 Å². The van der Waals surface area contributed by atoms with E-state index < -0.39 is 0 Å². The number of hydrogen-bond acceptors (Lipinski definition) is 3. The first-order valence-corrected chi connectivity index (χ1v) is 8.61. The highest BCUT2D eigenvalue weighted by atomic mass is 16.2. The van der Waals surface area contributed by atoms with Crippen molar-refractivity contribution in [1.82, 2.24) is 14.3 Å². The van der Waals surface area contributed by atoms with Gasteiger partial charge >= 0.3 is 0 Å². The second kappa shape index (κ2) is 5.51. The summed E-state index contributed by atoms with van der Waals surface area (Å²) in [6, 6.07) is 7.93. The lowest BCUT2D eigenvalue weighted by molar-refractivity contribution is 0.0949. The number of nitrogens with two attached hydrogens (primary N) is 1. The number of anilines is 1. The molecule has 0 amide bonds. The molecule has 0 unspecified atom stereocenters. The summed E-state index contributed by atoms with van der Waals surface area (Å²) in [7, 11) is 0. The highest BCUT2D eigenvalue weighted by molar-refractivity contribution is 6.08. The number of carbonyl (C=O) groups excluding carboxylic acids is 1. The van der Waals surface area contributed by atoms with Gasteiger partial charge in [-0.05, 0) is 57.7 Å². The number of benzene rings is 1. The van der Waals surface area contributed by atoms with Gasteiger partial charge in [-0.3, -0.25) is 4.79 Å². The molecule has 24 heavy (non-hydrogen) atoms. The van der Waals surface area contributed by atoms with Gasteiger partial charge in [-0.25, -0.2) is 0 Å². The number of rotatable bonds is 2. The van der Waals surface area contributed by atoms with Crippen molar-refractivity contribution >= 4 is 22.6 Å². The van der Waals surface area contributed by atoms with Crippen LogP contribution in [0.5, 0.6) is 0 Å². The molecule has 1 aromatic carbocycles. The van der Waals surface area contributed by atoms with E-state index >= 15 is 0 Å². The fourth-order valence-corrected chi connectivity index (χ4v) is 3.87. The topological polar surface area (TPSA) is 65.8 Å². The molecule has 5 nitrogen and oxygen atoms in total. The van der Waals surface area contributed by atoms with Crippen LogP contribution in [0.15, 0.2) is 24.3 Å². The zero-order valence-corrected chi connectivity index (χ0v) is 14.2. The first-order valence-electron chi connectivity index (χ1n) is 8.61. The lowest BCUT2D eigenvalue weighted by Gasteiger charge is -2.08. The average Bonchev–Trinajstić information content (AvgIpc) is 3.10. The van der Waals surface area contributed by atoms with Crippen LogP contribution >= 0.6 is 0 Å². The second-order valence-corrected chi connectivity index (χ2v) is 6.50. The maximum atomic E-state index is 13.1. The quantitative estimate of drug-likeness (QED) is 0.787. The number of aryl methyl sites for hydroxylation is 3. The Morgan fingerprint density at radius 2 is 2.08 bits per heavy atom. The number of nitrogen functional groups attached to an aromatic ring is 1. The van der Waals surface area contributed by atoms with Gasteiger partial charge < -0.3 is 10.3 Å². The van der Waals surface area contributed by atoms with E-state index in [4.69, 9.17) is 5.73 Å². The molecule has 2 aromatic heterocycles. The van der Waals surface area contributed by atoms with Crippen molar-refractivity contribution in [2.45, 2.75) is 46.1 Å². The molecule has 0 bridgehead atoms. The maximum Gasteiger partial charge on any atom is 0.280 e. The summed E-state index contributed by atoms with van der Waals surface area (Å²) in [4.78, 5) is 13.1. The summed E-state index contributed by atoms with van der Waals surface area (Å²) in [6.07, 6.45) is 4.07. The predicted molar refractivity (Wildman–Crippen MR) is 95.4 cm³/mol. The summed E-state index contributed by atoms with van der Waals surface area (Å²) in [5.41, 5.74) is 11.2. The number of hydrogen-bond donors (Lipinski definition) is 1. The molecule has 0 radical (unpaired) electrons. The smallest absolute Gasteiger partial charge is 0.280 e. The molecule has 0 saturated heterocycles. The van der Waals surface area contributed by atoms with Crippen molar-refractivity contribution in [3.8, 4) is 0 Å². The van der Waals surface area contributed by atoms with Crippen molar-refractivity contribution in [2.24, 2.45) is 0 Å². The van der Waals surface area contributed by atoms with Gasteiger partial charge in [0.15, 0.2) is 0 Å².